The van der Waals surface area contributed by atoms with Gasteiger partial charge in [-0.3, -0.25) is 91.1 Å². The van der Waals surface area contributed by atoms with Gasteiger partial charge in [-0.15, -0.1) is 0 Å². The number of primary amides is 2. The number of aromatic nitrogens is 1. The number of nitrogens with two attached hydrogens (primary N) is 4. The third-order valence-electron chi connectivity index (χ3n) is 21.4. The lowest BCUT2D eigenvalue weighted by Gasteiger charge is -2.32. The first-order valence-electron chi connectivity index (χ1n) is 41.4. The minimum atomic E-state index is -1.83. The van der Waals surface area contributed by atoms with Gasteiger partial charge in [-0.05, 0) is 113 Å². The van der Waals surface area contributed by atoms with Crippen molar-refractivity contribution in [1.29, 1.82) is 0 Å². The molecule has 3 aliphatic rings. The standard InChI is InChI=1S/C80H119N21O23/c1-6-43(4)66(98-74(118)52(32-45-17-8-7-9-18-45)92-68(112)48(82)31-42(2)3)78(122)91-51(25-26-65(109)110)72(116)93-53(33-46-35-85-49-20-11-10-19-47(46)49)73(117)90-50(21-12-13-27-81)71(115)94-54(34-61(83)105)69(113)87-36-62(106)86-38-64(108)99-28-14-22-58(99)76(120)97-57(41-104)75(119)96-56(40-103)70(114)88-37-63(107)89-44(5)79(123)101-30-16-24-60(101)80(124)100-29-15-23-59(100)77(121)95-55(39-102)67(84)111/h7-11,17-20,35,42-44,48,50-60,66,85,102-104H,6,12-16,21-34,36-41,81-82H2,1-5H3,(H2,83,105)(H2,84,111)(H,86,106)(H,87,113)(H,88,114)(H,89,107)(H,90,117)(H,91,122)(H,92,112)(H,93,116)(H,94,115)(H,95,121)(H,96,119)(H,97,120)(H,98,118)(H,109,110)/t43-,44-,48-,50-,51-,52-,53-,54-,55-,56-,57-,58-,59-,60-,66-/m0/s1. The predicted octanol–water partition coefficient (Wildman–Crippen LogP) is -8.11. The molecule has 3 fully saturated rings. The number of rotatable bonds is 50. The number of hydrogen-bond acceptors (Lipinski definition) is 24. The Balaban J connectivity index is 1.04. The van der Waals surface area contributed by atoms with E-state index in [1.807, 2.05) is 13.8 Å². The van der Waals surface area contributed by atoms with Gasteiger partial charge in [0.1, 0.15) is 78.5 Å². The maximum Gasteiger partial charge on any atom is 0.303 e. The molecule has 0 spiro atoms. The number of aliphatic carboxylic acids is 1. The van der Waals surface area contributed by atoms with Crippen LogP contribution in [-0.4, -0.2) is 303 Å². The van der Waals surface area contributed by atoms with Crippen molar-refractivity contribution in [2.75, 3.05) is 65.6 Å². The van der Waals surface area contributed by atoms with E-state index in [0.29, 0.717) is 54.1 Å². The van der Waals surface area contributed by atoms with E-state index < -0.39 is 262 Å². The number of fused-ring (bicyclic) bond motifs is 1. The minimum absolute atomic E-state index is 0.0138. The van der Waals surface area contributed by atoms with Gasteiger partial charge in [0.25, 0.3) is 0 Å². The summed E-state index contributed by atoms with van der Waals surface area (Å²) in [6.45, 7) is 3.43. The monoisotopic (exact) mass is 1740 g/mol. The second-order valence-corrected chi connectivity index (χ2v) is 31.3. The molecule has 0 aliphatic carbocycles. The number of hydrogen-bond donors (Lipinski definition) is 22. The fourth-order valence-corrected chi connectivity index (χ4v) is 14.5. The Labute approximate surface area is 714 Å². The van der Waals surface area contributed by atoms with Crippen LogP contribution < -0.4 is 92.1 Å². The first kappa shape index (κ1) is 101. The van der Waals surface area contributed by atoms with Crippen LogP contribution in [0.3, 0.4) is 0 Å². The number of benzene rings is 2. The number of carbonyl (C=O) groups is 19. The fourth-order valence-electron chi connectivity index (χ4n) is 14.5. The number of carboxylic acid groups (broad SMARTS) is 1. The number of para-hydroxylation sites is 1. The molecule has 26 N–H and O–H groups in total. The van der Waals surface area contributed by atoms with Crippen LogP contribution in [-0.2, 0) is 104 Å². The van der Waals surface area contributed by atoms with Crippen molar-refractivity contribution in [3.8, 4) is 0 Å². The van der Waals surface area contributed by atoms with Crippen molar-refractivity contribution in [2.24, 2.45) is 34.8 Å². The normalized spacial score (nSPS) is 17.8. The summed E-state index contributed by atoms with van der Waals surface area (Å²) in [6.07, 6.45) is 1.57. The number of likely N-dealkylation sites (tertiary alicyclic amines) is 3. The Morgan fingerprint density at radius 1 is 0.500 bits per heavy atom. The van der Waals surface area contributed by atoms with Crippen LogP contribution >= 0.6 is 0 Å². The van der Waals surface area contributed by atoms with Crippen LogP contribution in [0.1, 0.15) is 136 Å². The molecule has 124 heavy (non-hydrogen) atoms. The van der Waals surface area contributed by atoms with Gasteiger partial charge < -0.3 is 132 Å². The quantitative estimate of drug-likeness (QED) is 0.0233. The molecule has 682 valence electrons. The molecule has 6 rings (SSSR count). The maximum absolute atomic E-state index is 14.9. The molecule has 0 bridgehead atoms. The summed E-state index contributed by atoms with van der Waals surface area (Å²) >= 11 is 0. The number of nitrogens with one attached hydrogen (secondary N) is 14. The third kappa shape index (κ3) is 30.3. The third-order valence-corrected chi connectivity index (χ3v) is 21.4. The summed E-state index contributed by atoms with van der Waals surface area (Å²) in [4.78, 5) is 264. The molecule has 3 aliphatic heterocycles. The van der Waals surface area contributed by atoms with Crippen LogP contribution in [0, 0.1) is 11.8 Å². The molecule has 0 unspecified atom stereocenters. The number of amides is 18. The lowest BCUT2D eigenvalue weighted by molar-refractivity contribution is -0.148. The van der Waals surface area contributed by atoms with Crippen LogP contribution in [0.25, 0.3) is 10.9 Å². The van der Waals surface area contributed by atoms with Crippen molar-refractivity contribution in [1.82, 2.24) is 88.8 Å². The predicted molar refractivity (Wildman–Crippen MR) is 441 cm³/mol. The van der Waals surface area contributed by atoms with E-state index in [0.717, 1.165) is 4.90 Å². The average Bonchev–Trinajstić information content (AvgIpc) is 1.48. The summed E-state index contributed by atoms with van der Waals surface area (Å²) in [7, 11) is 0. The SMILES string of the molecule is CC[C@H](C)[C@H](NC(=O)[C@H](Cc1ccccc1)NC(=O)[C@@H](N)CC(C)C)C(=O)N[C@@H](CCC(=O)O)C(=O)N[C@@H](Cc1c[nH]c2ccccc12)C(=O)N[C@@H](CCCCN)C(=O)N[C@@H](CC(N)=O)C(=O)NCC(=O)NCC(=O)N1CCC[C@H]1C(=O)N[C@@H](CO)C(=O)N[C@@H](CO)C(=O)NCC(=O)N[C@@H](C)C(=O)N1CCC[C@H]1C(=O)N1CCC[C@H]1C(=O)N[C@@H](CO)C(N)=O. The van der Waals surface area contributed by atoms with Crippen molar-refractivity contribution in [3.05, 3.63) is 71.9 Å². The first-order chi connectivity index (χ1) is 58.9. The molecule has 15 atom stereocenters. The van der Waals surface area contributed by atoms with Crippen molar-refractivity contribution >= 4 is 123 Å². The molecule has 4 heterocycles. The molecule has 18 amide bonds. The highest BCUT2D eigenvalue weighted by Crippen LogP contribution is 2.27. The van der Waals surface area contributed by atoms with Crippen LogP contribution in [0.4, 0.5) is 0 Å². The molecule has 0 radical (unpaired) electrons. The number of carboxylic acids is 1. The van der Waals surface area contributed by atoms with Crippen LogP contribution in [0.2, 0.25) is 0 Å². The molecule has 3 saturated heterocycles. The van der Waals surface area contributed by atoms with Gasteiger partial charge >= 0.3 is 5.97 Å². The van der Waals surface area contributed by atoms with Gasteiger partial charge in [0.2, 0.25) is 106 Å². The fraction of sp³-hybridized carbons (Fsp3) is 0.588. The van der Waals surface area contributed by atoms with Gasteiger partial charge in [0.05, 0.1) is 51.9 Å². The van der Waals surface area contributed by atoms with E-state index in [1.165, 1.54) is 16.7 Å². The van der Waals surface area contributed by atoms with Gasteiger partial charge in [-0.25, -0.2) is 0 Å². The second kappa shape index (κ2) is 49.7. The van der Waals surface area contributed by atoms with E-state index in [2.05, 4.69) is 74.1 Å². The molecular formula is C80H119N21O23. The summed E-state index contributed by atoms with van der Waals surface area (Å²) < 4.78 is 0. The zero-order valence-corrected chi connectivity index (χ0v) is 70.1. The van der Waals surface area contributed by atoms with Crippen molar-refractivity contribution < 1.29 is 112 Å². The number of aliphatic hydroxyl groups excluding tert-OH is 3. The largest absolute Gasteiger partial charge is 0.481 e. The number of H-pyrrole nitrogens is 1. The highest BCUT2D eigenvalue weighted by atomic mass is 16.4. The highest BCUT2D eigenvalue weighted by Gasteiger charge is 2.45. The zero-order chi connectivity index (χ0) is 91.6. The number of aromatic amines is 1. The van der Waals surface area contributed by atoms with E-state index in [1.54, 1.807) is 74.6 Å². The first-order valence-corrected chi connectivity index (χ1v) is 41.4. The summed E-state index contributed by atoms with van der Waals surface area (Å²) in [5.41, 5.74) is 24.6. The van der Waals surface area contributed by atoms with E-state index in [9.17, 15) is 112 Å². The maximum atomic E-state index is 14.9. The molecule has 3 aromatic rings. The average molecular weight is 1740 g/mol. The Kier molecular flexibility index (Phi) is 40.3. The van der Waals surface area contributed by atoms with Gasteiger partial charge in [-0.1, -0.05) is 82.6 Å². The van der Waals surface area contributed by atoms with Gasteiger partial charge in [0.15, 0.2) is 0 Å². The minimum Gasteiger partial charge on any atom is -0.481 e. The topological polar surface area (TPSA) is 691 Å². The van der Waals surface area contributed by atoms with E-state index in [-0.39, 0.29) is 83.5 Å². The Morgan fingerprint density at radius 3 is 1.60 bits per heavy atom. The highest BCUT2D eigenvalue weighted by molar-refractivity contribution is 6.02. The molecule has 44 heteroatoms. The van der Waals surface area contributed by atoms with Crippen LogP contribution in [0.5, 0.6) is 0 Å². The lowest BCUT2D eigenvalue weighted by atomic mass is 9.96. The molecule has 1 aromatic heterocycles. The second-order valence-electron chi connectivity index (χ2n) is 31.3. The van der Waals surface area contributed by atoms with Crippen molar-refractivity contribution in [2.45, 2.75) is 222 Å². The molecular weight excluding hydrogens is 1620 g/mol. The molecule has 44 nitrogen and oxygen atoms in total. The number of unbranched alkanes of at least 4 members (excludes halogenated alkanes) is 1. The number of nitrogens with zero attached hydrogens (tertiary/aromatic N) is 3. The van der Waals surface area contributed by atoms with Gasteiger partial charge in [0, 0.05) is 56.0 Å². The van der Waals surface area contributed by atoms with E-state index >= 15 is 0 Å². The van der Waals surface area contributed by atoms with E-state index in [4.69, 9.17) is 22.9 Å². The number of aliphatic hydroxyl groups is 3. The lowest BCUT2D eigenvalue weighted by Crippen LogP contribution is -2.61. The summed E-state index contributed by atoms with van der Waals surface area (Å²) in [6, 6.07) is -4.25. The Hall–Kier alpha value is -12.3. The number of carbonyl (C=O) groups excluding carboxylic acids is 18. The van der Waals surface area contributed by atoms with Crippen LogP contribution in [0.15, 0.2) is 60.8 Å². The Bertz CT molecular complexity index is 4280. The molecule has 0 saturated carbocycles. The summed E-state index contributed by atoms with van der Waals surface area (Å²) in [5.74, 6) is -18.7. The Morgan fingerprint density at radius 2 is 1.00 bits per heavy atom. The van der Waals surface area contributed by atoms with Crippen molar-refractivity contribution in [3.63, 3.8) is 0 Å². The zero-order valence-electron chi connectivity index (χ0n) is 70.1. The molecule has 2 aromatic carbocycles. The van der Waals surface area contributed by atoms with Gasteiger partial charge in [-0.2, -0.15) is 0 Å². The smallest absolute Gasteiger partial charge is 0.303 e. The summed E-state index contributed by atoms with van der Waals surface area (Å²) in [5, 5.41) is 71.9.